The lowest BCUT2D eigenvalue weighted by Crippen LogP contribution is -2.34. The quantitative estimate of drug-likeness (QED) is 0.269. The molecule has 0 saturated carbocycles. The van der Waals surface area contributed by atoms with E-state index >= 15 is 4.39 Å². The molecule has 3 heterocycles. The molecule has 0 amide bonds. The van der Waals surface area contributed by atoms with Gasteiger partial charge in [-0.05, 0) is 49.9 Å². The highest BCUT2D eigenvalue weighted by molar-refractivity contribution is 6.02. The van der Waals surface area contributed by atoms with E-state index in [1.54, 1.807) is 12.1 Å². The second kappa shape index (κ2) is 8.66. The SMILES string of the molecule is Fc1ccccc1-c1c2ccc(=[N+]3CCCCC3)cc-2oc2cc(N3CCCCC3)ccc12. The second-order valence-corrected chi connectivity index (χ2v) is 9.41. The summed E-state index contributed by atoms with van der Waals surface area (Å²) in [5, 5.41) is 2.15. The highest BCUT2D eigenvalue weighted by Gasteiger charge is 2.22. The summed E-state index contributed by atoms with van der Waals surface area (Å²) in [5.41, 5.74) is 4.51. The molecular weight excluding hydrogens is 411 g/mol. The summed E-state index contributed by atoms with van der Waals surface area (Å²) in [6.45, 7) is 4.33. The Morgan fingerprint density at radius 2 is 1.55 bits per heavy atom. The van der Waals surface area contributed by atoms with Crippen LogP contribution in [0.3, 0.4) is 0 Å². The van der Waals surface area contributed by atoms with Crippen LogP contribution in [-0.2, 0) is 0 Å². The Morgan fingerprint density at radius 1 is 0.758 bits per heavy atom. The average molecular weight is 442 g/mol. The van der Waals surface area contributed by atoms with Gasteiger partial charge in [0, 0.05) is 65.8 Å². The number of rotatable bonds is 2. The monoisotopic (exact) mass is 441 g/mol. The molecule has 4 heteroatoms. The van der Waals surface area contributed by atoms with Gasteiger partial charge in [0.15, 0.2) is 0 Å². The molecular formula is C29H30FN2O+. The first-order valence-corrected chi connectivity index (χ1v) is 12.4. The molecule has 0 aromatic heterocycles. The standard InChI is InChI=1S/C29H30FN2O/c30-26-10-4-3-9-23(26)29-24-13-11-21(31-15-5-1-6-16-31)19-27(24)33-28-20-22(12-14-25(28)29)32-17-7-2-8-18-32/h3-4,9-14,19-20H,1-2,5-8,15-18H2/q+1. The fourth-order valence-electron chi connectivity index (χ4n) is 5.52. The molecule has 168 valence electrons. The van der Waals surface area contributed by atoms with Crippen molar-refractivity contribution in [3.05, 3.63) is 71.8 Å². The maximum Gasteiger partial charge on any atom is 0.203 e. The number of fused-ring (bicyclic) bond motifs is 2. The summed E-state index contributed by atoms with van der Waals surface area (Å²) in [4.78, 5) is 2.44. The van der Waals surface area contributed by atoms with Crippen molar-refractivity contribution < 1.29 is 8.81 Å². The number of benzene rings is 3. The van der Waals surface area contributed by atoms with Gasteiger partial charge in [0.25, 0.3) is 0 Å². The third kappa shape index (κ3) is 3.82. The third-order valence-electron chi connectivity index (χ3n) is 7.27. The van der Waals surface area contributed by atoms with Crippen molar-refractivity contribution in [1.82, 2.24) is 4.58 Å². The summed E-state index contributed by atoms with van der Waals surface area (Å²) in [5.74, 6) is 0.617. The number of anilines is 1. The van der Waals surface area contributed by atoms with E-state index in [2.05, 4.69) is 45.9 Å². The zero-order valence-corrected chi connectivity index (χ0v) is 19.0. The van der Waals surface area contributed by atoms with Crippen LogP contribution in [0.5, 0.6) is 0 Å². The van der Waals surface area contributed by atoms with Crippen molar-refractivity contribution in [3.8, 4) is 22.5 Å². The molecule has 0 spiro atoms. The molecule has 4 aliphatic rings. The van der Waals surface area contributed by atoms with E-state index in [0.717, 1.165) is 54.0 Å². The number of piperidine rings is 2. The zero-order chi connectivity index (χ0) is 22.2. The fourth-order valence-corrected chi connectivity index (χ4v) is 5.52. The molecule has 1 aliphatic carbocycles. The molecule has 33 heavy (non-hydrogen) atoms. The lowest BCUT2D eigenvalue weighted by molar-refractivity contribution is 0.451. The van der Waals surface area contributed by atoms with E-state index in [4.69, 9.17) is 4.42 Å². The summed E-state index contributed by atoms with van der Waals surface area (Å²) in [6.07, 6.45) is 7.52. The molecule has 6 rings (SSSR count). The first kappa shape index (κ1) is 20.5. The second-order valence-electron chi connectivity index (χ2n) is 9.41. The van der Waals surface area contributed by atoms with Gasteiger partial charge in [-0.25, -0.2) is 8.97 Å². The Labute approximate surface area is 194 Å². The van der Waals surface area contributed by atoms with Crippen LogP contribution in [0.1, 0.15) is 38.5 Å². The number of hydrogen-bond donors (Lipinski definition) is 0. The average Bonchev–Trinajstić information content (AvgIpc) is 2.88. The first-order chi connectivity index (χ1) is 16.3. The van der Waals surface area contributed by atoms with Crippen LogP contribution < -0.4 is 14.8 Å². The Morgan fingerprint density at radius 3 is 2.36 bits per heavy atom. The summed E-state index contributed by atoms with van der Waals surface area (Å²) in [7, 11) is 0. The van der Waals surface area contributed by atoms with Gasteiger partial charge in [0.1, 0.15) is 30.3 Å². The fraction of sp³-hybridized carbons (Fsp3) is 0.345. The number of halogens is 1. The Bertz CT molecular complexity index is 1340. The van der Waals surface area contributed by atoms with E-state index in [1.165, 1.54) is 49.6 Å². The summed E-state index contributed by atoms with van der Waals surface area (Å²) in [6, 6.07) is 19.9. The van der Waals surface area contributed by atoms with Crippen LogP contribution in [0.25, 0.3) is 33.4 Å². The van der Waals surface area contributed by atoms with E-state index in [0.29, 0.717) is 5.56 Å². The van der Waals surface area contributed by atoms with Crippen LogP contribution in [0.15, 0.2) is 65.1 Å². The van der Waals surface area contributed by atoms with Crippen molar-refractivity contribution >= 4 is 16.7 Å². The van der Waals surface area contributed by atoms with Crippen molar-refractivity contribution in [2.45, 2.75) is 38.5 Å². The molecule has 2 aromatic carbocycles. The number of nitrogens with zero attached hydrogens (tertiary/aromatic N) is 2. The highest BCUT2D eigenvalue weighted by Crippen LogP contribution is 2.41. The topological polar surface area (TPSA) is 19.4 Å². The summed E-state index contributed by atoms with van der Waals surface area (Å²) < 4.78 is 24.0. The van der Waals surface area contributed by atoms with Gasteiger partial charge in [0.2, 0.25) is 5.36 Å². The maximum absolute atomic E-state index is 15.0. The maximum atomic E-state index is 15.0. The van der Waals surface area contributed by atoms with E-state index in [9.17, 15) is 0 Å². The Kier molecular flexibility index (Phi) is 5.37. The normalized spacial score (nSPS) is 17.1. The zero-order valence-electron chi connectivity index (χ0n) is 19.0. The lowest BCUT2D eigenvalue weighted by atomic mass is 9.93. The predicted molar refractivity (Wildman–Crippen MR) is 133 cm³/mol. The smallest absolute Gasteiger partial charge is 0.203 e. The minimum Gasteiger partial charge on any atom is -0.456 e. The number of hydrogen-bond acceptors (Lipinski definition) is 2. The Hall–Kier alpha value is -3.14. The lowest BCUT2D eigenvalue weighted by Gasteiger charge is -2.29. The van der Waals surface area contributed by atoms with Crippen LogP contribution in [0.2, 0.25) is 0 Å². The molecule has 0 radical (unpaired) electrons. The van der Waals surface area contributed by atoms with Crippen molar-refractivity contribution in [2.24, 2.45) is 0 Å². The van der Waals surface area contributed by atoms with Gasteiger partial charge < -0.3 is 9.32 Å². The van der Waals surface area contributed by atoms with Crippen LogP contribution in [0, 0.1) is 5.82 Å². The third-order valence-corrected chi connectivity index (χ3v) is 7.27. The van der Waals surface area contributed by atoms with Gasteiger partial charge in [-0.3, -0.25) is 0 Å². The van der Waals surface area contributed by atoms with E-state index < -0.39 is 0 Å². The van der Waals surface area contributed by atoms with Gasteiger partial charge in [-0.1, -0.05) is 18.2 Å². The highest BCUT2D eigenvalue weighted by atomic mass is 19.1. The van der Waals surface area contributed by atoms with Gasteiger partial charge in [0.05, 0.1) is 6.07 Å². The van der Waals surface area contributed by atoms with Gasteiger partial charge >= 0.3 is 0 Å². The van der Waals surface area contributed by atoms with Crippen molar-refractivity contribution in [3.63, 3.8) is 0 Å². The molecule has 0 N–H and O–H groups in total. The van der Waals surface area contributed by atoms with E-state index in [1.807, 2.05) is 12.1 Å². The first-order valence-electron chi connectivity index (χ1n) is 12.4. The minimum atomic E-state index is -0.202. The van der Waals surface area contributed by atoms with Gasteiger partial charge in [-0.15, -0.1) is 0 Å². The molecule has 0 atom stereocenters. The van der Waals surface area contributed by atoms with Crippen LogP contribution >= 0.6 is 0 Å². The molecule has 3 aliphatic heterocycles. The minimum absolute atomic E-state index is 0.202. The molecule has 0 unspecified atom stereocenters. The van der Waals surface area contributed by atoms with Crippen LogP contribution in [-0.4, -0.2) is 26.2 Å². The van der Waals surface area contributed by atoms with Gasteiger partial charge in [-0.2, -0.15) is 0 Å². The largest absolute Gasteiger partial charge is 0.456 e. The predicted octanol–water partition coefficient (Wildman–Crippen LogP) is 6.29. The van der Waals surface area contributed by atoms with Crippen molar-refractivity contribution in [2.75, 3.05) is 31.1 Å². The van der Waals surface area contributed by atoms with Crippen molar-refractivity contribution in [1.29, 1.82) is 0 Å². The molecule has 3 nitrogen and oxygen atoms in total. The molecule has 2 saturated heterocycles. The molecule has 0 bridgehead atoms. The summed E-state index contributed by atoms with van der Waals surface area (Å²) >= 11 is 0. The Balaban J connectivity index is 1.61. The van der Waals surface area contributed by atoms with Crippen LogP contribution in [0.4, 0.5) is 10.1 Å². The molecule has 2 fully saturated rings. The molecule has 2 aromatic rings. The van der Waals surface area contributed by atoms with E-state index in [-0.39, 0.29) is 5.82 Å².